The van der Waals surface area contributed by atoms with Crippen LogP contribution in [0.1, 0.15) is 290 Å². The lowest BCUT2D eigenvalue weighted by atomic mass is 10.0. The van der Waals surface area contributed by atoms with E-state index in [0.29, 0.717) is 17.4 Å². The largest absolute Gasteiger partial charge is 0.472 e. The fourth-order valence-corrected chi connectivity index (χ4v) is 10.3. The van der Waals surface area contributed by atoms with E-state index in [4.69, 9.17) is 9.05 Å². The van der Waals surface area contributed by atoms with Gasteiger partial charge in [0.25, 0.3) is 0 Å². The maximum Gasteiger partial charge on any atom is 0.472 e. The van der Waals surface area contributed by atoms with Gasteiger partial charge in [0.1, 0.15) is 13.2 Å². The van der Waals surface area contributed by atoms with E-state index in [1.807, 2.05) is 27.2 Å². The SMILES string of the molecule is CC/C=C\C/C=C\C/C=C\C/C=C\C/C=C\C/C=C\C/C=C\C/C=C\CCCCCCCCCCCCC(=O)NC(COP(=O)(O)OCC[N+](C)(C)C)C(O)/C=C/CCCCCCCCCCCCCCCCCCCCCCCC. The monoisotopic (exact) mass is 1150 g/mol. The van der Waals surface area contributed by atoms with Crippen molar-refractivity contribution in [1.82, 2.24) is 5.32 Å². The lowest BCUT2D eigenvalue weighted by Crippen LogP contribution is -2.45. The Morgan fingerprint density at radius 2 is 0.741 bits per heavy atom. The Kier molecular flexibility index (Phi) is 59.5. The van der Waals surface area contributed by atoms with Gasteiger partial charge in [0.05, 0.1) is 39.9 Å². The van der Waals surface area contributed by atoms with Crippen LogP contribution in [0.15, 0.2) is 109 Å². The quantitative estimate of drug-likeness (QED) is 0.0243. The van der Waals surface area contributed by atoms with Crippen LogP contribution >= 0.6 is 7.82 Å². The van der Waals surface area contributed by atoms with E-state index in [0.717, 1.165) is 96.3 Å². The Bertz CT molecular complexity index is 1690. The van der Waals surface area contributed by atoms with Crippen molar-refractivity contribution in [3.05, 3.63) is 109 Å². The Balaban J connectivity index is 4.15. The van der Waals surface area contributed by atoms with Gasteiger partial charge in [0, 0.05) is 6.42 Å². The fourth-order valence-electron chi connectivity index (χ4n) is 9.53. The summed E-state index contributed by atoms with van der Waals surface area (Å²) in [6, 6.07) is -0.857. The first-order chi connectivity index (χ1) is 39.5. The molecule has 0 aliphatic heterocycles. The summed E-state index contributed by atoms with van der Waals surface area (Å²) in [5, 5.41) is 14.0. The van der Waals surface area contributed by atoms with E-state index in [2.05, 4.69) is 116 Å². The molecule has 0 aromatic heterocycles. The molecule has 0 rings (SSSR count). The molecule has 0 saturated carbocycles. The standard InChI is InChI=1S/C72H129N2O6P/c1-6-8-10-12-14-16-18-20-22-24-26-28-30-32-33-34-35-36-37-38-39-40-41-42-44-46-48-50-52-54-56-58-60-62-64-66-72(76)73-70(69-80-81(77,78)79-68-67-74(3,4)5)71(75)65-63-61-59-57-55-53-51-49-47-45-43-31-29-27-25-23-21-19-17-15-13-11-9-7-2/h8,10,14,16,20,22,26,28,32-33,35-36,38-39,41-42,63,65,70-71,75H,6-7,9,11-13,15,17-19,21,23-25,27,29-31,34,37,40,43-62,64,66-69H2,1-5H3,(H-,73,76,77,78)/p+1/b10-8-,16-14-,22-20-,28-26-,33-32-,36-35-,39-38-,42-41-,65-63+. The van der Waals surface area contributed by atoms with Crippen LogP contribution in [0.5, 0.6) is 0 Å². The lowest BCUT2D eigenvalue weighted by Gasteiger charge is -2.25. The number of phosphoric ester groups is 1. The first kappa shape index (κ1) is 78.2. The number of quaternary nitrogens is 1. The molecule has 0 aromatic rings. The first-order valence-electron chi connectivity index (χ1n) is 33.8. The van der Waals surface area contributed by atoms with Gasteiger partial charge in [-0.1, -0.05) is 309 Å². The summed E-state index contributed by atoms with van der Waals surface area (Å²) in [6.07, 6.45) is 90.7. The number of likely N-dealkylation sites (N-methyl/N-ethyl adjacent to an activating group) is 1. The Morgan fingerprint density at radius 1 is 0.432 bits per heavy atom. The highest BCUT2D eigenvalue weighted by atomic mass is 31.2. The molecule has 0 aromatic carbocycles. The molecular weight excluding hydrogens is 1020 g/mol. The molecule has 3 unspecified atom stereocenters. The van der Waals surface area contributed by atoms with E-state index in [1.165, 1.54) is 173 Å². The molecule has 0 aliphatic carbocycles. The summed E-state index contributed by atoms with van der Waals surface area (Å²) in [7, 11) is 1.56. The van der Waals surface area contributed by atoms with Gasteiger partial charge in [-0.3, -0.25) is 13.8 Å². The van der Waals surface area contributed by atoms with Crippen LogP contribution in [0.25, 0.3) is 0 Å². The van der Waals surface area contributed by atoms with E-state index in [-0.39, 0.29) is 19.1 Å². The maximum absolute atomic E-state index is 13.0. The van der Waals surface area contributed by atoms with Gasteiger partial charge in [-0.25, -0.2) is 4.57 Å². The van der Waals surface area contributed by atoms with E-state index in [1.54, 1.807) is 6.08 Å². The Morgan fingerprint density at radius 3 is 1.09 bits per heavy atom. The lowest BCUT2D eigenvalue weighted by molar-refractivity contribution is -0.870. The predicted octanol–water partition coefficient (Wildman–Crippen LogP) is 21.5. The summed E-state index contributed by atoms with van der Waals surface area (Å²) >= 11 is 0. The molecule has 0 saturated heterocycles. The number of aliphatic hydroxyl groups is 1. The number of phosphoric acid groups is 1. The minimum atomic E-state index is -4.36. The van der Waals surface area contributed by atoms with Crippen molar-refractivity contribution < 1.29 is 32.9 Å². The van der Waals surface area contributed by atoms with Crippen molar-refractivity contribution in [1.29, 1.82) is 0 Å². The number of hydrogen-bond donors (Lipinski definition) is 3. The molecule has 8 nitrogen and oxygen atoms in total. The highest BCUT2D eigenvalue weighted by Crippen LogP contribution is 2.43. The number of nitrogens with one attached hydrogen (secondary N) is 1. The molecule has 81 heavy (non-hydrogen) atoms. The van der Waals surface area contributed by atoms with Crippen molar-refractivity contribution >= 4 is 13.7 Å². The highest BCUT2D eigenvalue weighted by Gasteiger charge is 2.28. The minimum absolute atomic E-state index is 0.0565. The number of unbranched alkanes of at least 4 members (excludes halogenated alkanes) is 32. The molecule has 1 amide bonds. The normalized spacial score (nSPS) is 14.4. The number of carbonyl (C=O) groups is 1. The molecule has 0 fully saturated rings. The van der Waals surface area contributed by atoms with Gasteiger partial charge in [-0.05, 0) is 83.5 Å². The topological polar surface area (TPSA) is 105 Å². The maximum atomic E-state index is 13.0. The van der Waals surface area contributed by atoms with Crippen LogP contribution in [-0.4, -0.2) is 73.4 Å². The van der Waals surface area contributed by atoms with Crippen LogP contribution in [0, 0.1) is 0 Å². The molecule has 0 heterocycles. The summed E-state index contributed by atoms with van der Waals surface area (Å²) in [4.78, 5) is 23.4. The smallest absolute Gasteiger partial charge is 0.387 e. The Hall–Kier alpha value is -2.84. The van der Waals surface area contributed by atoms with Gasteiger partial charge >= 0.3 is 7.82 Å². The van der Waals surface area contributed by atoms with Crippen LogP contribution in [0.4, 0.5) is 0 Å². The van der Waals surface area contributed by atoms with E-state index < -0.39 is 20.0 Å². The summed E-state index contributed by atoms with van der Waals surface area (Å²) < 4.78 is 23.8. The fraction of sp³-hybridized carbons (Fsp3) is 0.736. The van der Waals surface area contributed by atoms with Gasteiger partial charge < -0.3 is 19.8 Å². The van der Waals surface area contributed by atoms with Crippen molar-refractivity contribution in [2.24, 2.45) is 0 Å². The third kappa shape index (κ3) is 64.6. The number of hydrogen-bond acceptors (Lipinski definition) is 5. The van der Waals surface area contributed by atoms with Crippen LogP contribution in [0.2, 0.25) is 0 Å². The van der Waals surface area contributed by atoms with Crippen molar-refractivity contribution in [3.8, 4) is 0 Å². The zero-order valence-electron chi connectivity index (χ0n) is 53.5. The zero-order chi connectivity index (χ0) is 59.1. The van der Waals surface area contributed by atoms with Crippen LogP contribution in [-0.2, 0) is 18.4 Å². The third-order valence-electron chi connectivity index (χ3n) is 14.7. The molecule has 3 atom stereocenters. The number of amides is 1. The third-order valence-corrected chi connectivity index (χ3v) is 15.7. The summed E-state index contributed by atoms with van der Waals surface area (Å²) in [6.45, 7) is 4.72. The van der Waals surface area contributed by atoms with Gasteiger partial charge in [0.15, 0.2) is 0 Å². The van der Waals surface area contributed by atoms with Gasteiger partial charge in [-0.15, -0.1) is 0 Å². The van der Waals surface area contributed by atoms with Crippen LogP contribution < -0.4 is 5.32 Å². The van der Waals surface area contributed by atoms with Crippen molar-refractivity contribution in [2.45, 2.75) is 302 Å². The number of aliphatic hydroxyl groups excluding tert-OH is 1. The number of carbonyl (C=O) groups excluding carboxylic acids is 1. The minimum Gasteiger partial charge on any atom is -0.387 e. The average molecular weight is 1150 g/mol. The average Bonchev–Trinajstić information content (AvgIpc) is 3.43. The second kappa shape index (κ2) is 61.7. The molecule has 468 valence electrons. The molecule has 9 heteroatoms. The highest BCUT2D eigenvalue weighted by molar-refractivity contribution is 7.47. The number of rotatable bonds is 61. The molecule has 0 spiro atoms. The summed E-state index contributed by atoms with van der Waals surface area (Å²) in [5.74, 6) is -0.183. The van der Waals surface area contributed by atoms with Gasteiger partial charge in [0.2, 0.25) is 5.91 Å². The molecule has 0 radical (unpaired) electrons. The molecular formula is C72H130N2O6P+. The summed E-state index contributed by atoms with van der Waals surface area (Å²) in [5.41, 5.74) is 0. The zero-order valence-corrected chi connectivity index (χ0v) is 54.4. The molecule has 0 aliphatic rings. The molecule has 0 bridgehead atoms. The first-order valence-corrected chi connectivity index (χ1v) is 35.3. The van der Waals surface area contributed by atoms with E-state index in [9.17, 15) is 19.4 Å². The van der Waals surface area contributed by atoms with Crippen molar-refractivity contribution in [2.75, 3.05) is 40.9 Å². The number of allylic oxidation sites excluding steroid dienone is 17. The number of nitrogens with zero attached hydrogens (tertiary/aromatic N) is 1. The van der Waals surface area contributed by atoms with E-state index >= 15 is 0 Å². The predicted molar refractivity (Wildman–Crippen MR) is 355 cm³/mol. The second-order valence-electron chi connectivity index (χ2n) is 23.8. The van der Waals surface area contributed by atoms with Gasteiger partial charge in [-0.2, -0.15) is 0 Å². The Labute approximate surface area is 501 Å². The van der Waals surface area contributed by atoms with Crippen LogP contribution in [0.3, 0.4) is 0 Å². The second-order valence-corrected chi connectivity index (χ2v) is 25.3. The molecule has 3 N–H and O–H groups in total. The van der Waals surface area contributed by atoms with Crippen molar-refractivity contribution in [3.63, 3.8) is 0 Å².